The van der Waals surface area contributed by atoms with E-state index < -0.39 is 0 Å². The molecule has 1 atom stereocenters. The number of rotatable bonds is 7. The molecule has 166 valence electrons. The summed E-state index contributed by atoms with van der Waals surface area (Å²) in [6.07, 6.45) is 6.47. The number of nitriles is 1. The lowest BCUT2D eigenvalue weighted by molar-refractivity contribution is -0.131. The zero-order chi connectivity index (χ0) is 22.5. The summed E-state index contributed by atoms with van der Waals surface area (Å²) < 4.78 is 11.6. The number of anilines is 1. The van der Waals surface area contributed by atoms with Crippen molar-refractivity contribution in [1.82, 2.24) is 9.88 Å². The molecule has 0 bridgehead atoms. The van der Waals surface area contributed by atoms with E-state index in [1.165, 1.54) is 19.0 Å². The van der Waals surface area contributed by atoms with Gasteiger partial charge in [0.15, 0.2) is 17.2 Å². The molecule has 1 aliphatic heterocycles. The molecule has 2 amide bonds. The number of ether oxygens (including phenoxy) is 2. The molecule has 1 aliphatic carbocycles. The van der Waals surface area contributed by atoms with Gasteiger partial charge in [-0.15, -0.1) is 0 Å². The third kappa shape index (κ3) is 4.83. The van der Waals surface area contributed by atoms with E-state index in [1.54, 1.807) is 24.1 Å². The number of hydrogen-bond donors (Lipinski definition) is 1. The molecule has 32 heavy (non-hydrogen) atoms. The van der Waals surface area contributed by atoms with Crippen LogP contribution < -0.4 is 14.8 Å². The standard InChI is InChI=1S/C24H26N4O4/c1-31-21-9-8-16(11-22(21)32-18-5-2-3-6-18)17-12-24(30)28(14-17)15-23(29)27-19-7-4-10-26-20(19)13-25/h4,7-11,17-18H,2-3,5-6,12,14-15H2,1H3,(H,27,29). The van der Waals surface area contributed by atoms with E-state index in [0.717, 1.165) is 18.4 Å². The number of likely N-dealkylation sites (tertiary alicyclic amines) is 1. The van der Waals surface area contributed by atoms with Crippen molar-refractivity contribution in [2.45, 2.75) is 44.1 Å². The second-order valence-corrected chi connectivity index (χ2v) is 8.17. The summed E-state index contributed by atoms with van der Waals surface area (Å²) in [5.41, 5.74) is 1.47. The minimum absolute atomic E-state index is 0.0276. The van der Waals surface area contributed by atoms with Crippen LogP contribution >= 0.6 is 0 Å². The highest BCUT2D eigenvalue weighted by atomic mass is 16.5. The number of aromatic nitrogens is 1. The number of methoxy groups -OCH3 is 1. The first-order valence-electron chi connectivity index (χ1n) is 10.8. The number of nitrogens with one attached hydrogen (secondary N) is 1. The number of benzene rings is 1. The van der Waals surface area contributed by atoms with Crippen LogP contribution in [0.4, 0.5) is 5.69 Å². The lowest BCUT2D eigenvalue weighted by Gasteiger charge is -2.19. The van der Waals surface area contributed by atoms with Crippen LogP contribution in [0.5, 0.6) is 11.5 Å². The van der Waals surface area contributed by atoms with E-state index >= 15 is 0 Å². The van der Waals surface area contributed by atoms with Gasteiger partial charge in [0.2, 0.25) is 11.8 Å². The summed E-state index contributed by atoms with van der Waals surface area (Å²) in [6, 6.07) is 11.0. The summed E-state index contributed by atoms with van der Waals surface area (Å²) in [6.45, 7) is 0.371. The van der Waals surface area contributed by atoms with Crippen molar-refractivity contribution in [3.8, 4) is 17.6 Å². The van der Waals surface area contributed by atoms with E-state index in [0.29, 0.717) is 30.2 Å². The quantitative estimate of drug-likeness (QED) is 0.717. The molecule has 1 saturated heterocycles. The van der Waals surface area contributed by atoms with Gasteiger partial charge in [-0.25, -0.2) is 4.98 Å². The third-order valence-corrected chi connectivity index (χ3v) is 5.99. The highest BCUT2D eigenvalue weighted by Gasteiger charge is 2.32. The lowest BCUT2D eigenvalue weighted by Crippen LogP contribution is -2.34. The fourth-order valence-corrected chi connectivity index (χ4v) is 4.33. The highest BCUT2D eigenvalue weighted by molar-refractivity contribution is 5.95. The molecule has 8 nitrogen and oxygen atoms in total. The first kappa shape index (κ1) is 21.6. The van der Waals surface area contributed by atoms with Crippen LogP contribution in [0, 0.1) is 11.3 Å². The average Bonchev–Trinajstić information content (AvgIpc) is 3.44. The number of hydrogen-bond acceptors (Lipinski definition) is 6. The van der Waals surface area contributed by atoms with E-state index in [2.05, 4.69) is 10.3 Å². The minimum atomic E-state index is -0.358. The predicted molar refractivity (Wildman–Crippen MR) is 117 cm³/mol. The summed E-state index contributed by atoms with van der Waals surface area (Å²) >= 11 is 0. The molecule has 2 heterocycles. The number of amides is 2. The Balaban J connectivity index is 1.41. The predicted octanol–water partition coefficient (Wildman–Crippen LogP) is 3.24. The van der Waals surface area contributed by atoms with Gasteiger partial charge < -0.3 is 19.7 Å². The zero-order valence-corrected chi connectivity index (χ0v) is 18.0. The highest BCUT2D eigenvalue weighted by Crippen LogP contribution is 2.37. The molecule has 1 saturated carbocycles. The molecule has 4 rings (SSSR count). The molecule has 0 spiro atoms. The Morgan fingerprint density at radius 3 is 2.84 bits per heavy atom. The summed E-state index contributed by atoms with van der Waals surface area (Å²) in [5, 5.41) is 11.8. The van der Waals surface area contributed by atoms with Gasteiger partial charge in [0.25, 0.3) is 0 Å². The Labute approximate surface area is 187 Å². The van der Waals surface area contributed by atoms with Crippen molar-refractivity contribution < 1.29 is 19.1 Å². The third-order valence-electron chi connectivity index (χ3n) is 5.99. The number of nitrogens with zero attached hydrogens (tertiary/aromatic N) is 3. The molecule has 2 fully saturated rings. The SMILES string of the molecule is COc1ccc(C2CC(=O)N(CC(=O)Nc3cccnc3C#N)C2)cc1OC1CCCC1. The van der Waals surface area contributed by atoms with Crippen molar-refractivity contribution in [3.05, 3.63) is 47.8 Å². The fourth-order valence-electron chi connectivity index (χ4n) is 4.33. The smallest absolute Gasteiger partial charge is 0.244 e. The molecular weight excluding hydrogens is 408 g/mol. The number of carbonyl (C=O) groups excluding carboxylic acids is 2. The minimum Gasteiger partial charge on any atom is -0.493 e. The topological polar surface area (TPSA) is 105 Å². The molecular formula is C24H26N4O4. The second-order valence-electron chi connectivity index (χ2n) is 8.17. The van der Waals surface area contributed by atoms with Crippen LogP contribution in [0.1, 0.15) is 49.3 Å². The van der Waals surface area contributed by atoms with Gasteiger partial charge in [0.1, 0.15) is 6.07 Å². The van der Waals surface area contributed by atoms with Gasteiger partial charge in [-0.05, 0) is 55.5 Å². The van der Waals surface area contributed by atoms with Crippen LogP contribution in [0.3, 0.4) is 0 Å². The Morgan fingerprint density at radius 1 is 1.28 bits per heavy atom. The van der Waals surface area contributed by atoms with E-state index in [9.17, 15) is 9.59 Å². The largest absolute Gasteiger partial charge is 0.493 e. The van der Waals surface area contributed by atoms with Crippen molar-refractivity contribution in [3.63, 3.8) is 0 Å². The van der Waals surface area contributed by atoms with Crippen molar-refractivity contribution in [1.29, 1.82) is 5.26 Å². The first-order chi connectivity index (χ1) is 15.6. The Bertz CT molecular complexity index is 1040. The maximum absolute atomic E-state index is 12.6. The van der Waals surface area contributed by atoms with E-state index in [1.807, 2.05) is 24.3 Å². The van der Waals surface area contributed by atoms with Crippen LogP contribution in [0.15, 0.2) is 36.5 Å². The van der Waals surface area contributed by atoms with Gasteiger partial charge in [0, 0.05) is 25.1 Å². The van der Waals surface area contributed by atoms with Crippen LogP contribution in [-0.4, -0.2) is 48.0 Å². The Morgan fingerprint density at radius 2 is 2.09 bits per heavy atom. The second kappa shape index (κ2) is 9.69. The maximum atomic E-state index is 12.6. The monoisotopic (exact) mass is 434 g/mol. The van der Waals surface area contributed by atoms with Crippen LogP contribution in [0.25, 0.3) is 0 Å². The number of pyridine rings is 1. The normalized spacial score (nSPS) is 18.4. The zero-order valence-electron chi connectivity index (χ0n) is 18.0. The first-order valence-corrected chi connectivity index (χ1v) is 10.8. The number of carbonyl (C=O) groups is 2. The van der Waals surface area contributed by atoms with Crippen molar-refractivity contribution in [2.24, 2.45) is 0 Å². The Hall–Kier alpha value is -3.60. The summed E-state index contributed by atoms with van der Waals surface area (Å²) in [5.74, 6) is 0.932. The van der Waals surface area contributed by atoms with E-state index in [-0.39, 0.29) is 36.1 Å². The van der Waals surface area contributed by atoms with Crippen LogP contribution in [-0.2, 0) is 9.59 Å². The molecule has 0 radical (unpaired) electrons. The summed E-state index contributed by atoms with van der Waals surface area (Å²) in [4.78, 5) is 30.5. The van der Waals surface area contributed by atoms with Gasteiger partial charge in [0.05, 0.1) is 25.4 Å². The molecule has 1 aromatic carbocycles. The molecule has 2 aromatic rings. The molecule has 8 heteroatoms. The van der Waals surface area contributed by atoms with Gasteiger partial charge in [-0.1, -0.05) is 6.07 Å². The van der Waals surface area contributed by atoms with Crippen LogP contribution in [0.2, 0.25) is 0 Å². The average molecular weight is 434 g/mol. The van der Waals surface area contributed by atoms with Crippen molar-refractivity contribution in [2.75, 3.05) is 25.5 Å². The molecule has 1 unspecified atom stereocenters. The maximum Gasteiger partial charge on any atom is 0.244 e. The molecule has 2 aliphatic rings. The Kier molecular flexibility index (Phi) is 6.55. The van der Waals surface area contributed by atoms with E-state index in [4.69, 9.17) is 14.7 Å². The van der Waals surface area contributed by atoms with Crippen molar-refractivity contribution >= 4 is 17.5 Å². The van der Waals surface area contributed by atoms with Gasteiger partial charge in [-0.3, -0.25) is 9.59 Å². The summed E-state index contributed by atoms with van der Waals surface area (Å²) in [7, 11) is 1.62. The fraction of sp³-hybridized carbons (Fsp3) is 0.417. The van der Waals surface area contributed by atoms with Gasteiger partial charge in [-0.2, -0.15) is 5.26 Å². The van der Waals surface area contributed by atoms with Gasteiger partial charge >= 0.3 is 0 Å². The molecule has 1 N–H and O–H groups in total. The molecule has 1 aromatic heterocycles. The lowest BCUT2D eigenvalue weighted by atomic mass is 9.98.